The highest BCUT2D eigenvalue weighted by molar-refractivity contribution is 7.94. The van der Waals surface area contributed by atoms with E-state index in [1.165, 1.54) is 18.5 Å². The Kier molecular flexibility index (Phi) is 6.00. The number of aromatic hydroxyl groups is 1. The Morgan fingerprint density at radius 2 is 1.91 bits per heavy atom. The SMILES string of the molecule is CC[C@@H](Nc1c(Nc2csc(S(=O)(=O)N(C)c3cc(C)on3)c2O)c(=O)c1=O)c1cc(C)co1. The van der Waals surface area contributed by atoms with Crippen LogP contribution in [-0.2, 0) is 10.0 Å². The summed E-state index contributed by atoms with van der Waals surface area (Å²) in [5.41, 5.74) is -0.627. The van der Waals surface area contributed by atoms with Gasteiger partial charge in [-0.15, -0.1) is 11.3 Å². The topological polar surface area (TPSA) is 155 Å². The number of furan rings is 1. The van der Waals surface area contributed by atoms with Gasteiger partial charge in [0.05, 0.1) is 18.0 Å². The lowest BCUT2D eigenvalue weighted by Gasteiger charge is -2.20. The van der Waals surface area contributed by atoms with E-state index in [2.05, 4.69) is 15.8 Å². The van der Waals surface area contributed by atoms with Crippen molar-refractivity contribution in [3.8, 4) is 5.75 Å². The lowest BCUT2D eigenvalue weighted by molar-refractivity contribution is 0.399. The molecule has 0 aliphatic heterocycles. The first-order valence-corrected chi connectivity index (χ1v) is 12.5. The van der Waals surface area contributed by atoms with Crippen LogP contribution in [0.4, 0.5) is 22.9 Å². The fourth-order valence-corrected chi connectivity index (χ4v) is 5.84. The first-order valence-electron chi connectivity index (χ1n) is 10.2. The van der Waals surface area contributed by atoms with E-state index in [0.717, 1.165) is 21.2 Å². The van der Waals surface area contributed by atoms with Crippen molar-refractivity contribution in [1.82, 2.24) is 5.16 Å². The summed E-state index contributed by atoms with van der Waals surface area (Å²) in [7, 11) is -2.89. The number of nitrogens with one attached hydrogen (secondary N) is 2. The molecule has 0 radical (unpaired) electrons. The number of nitrogens with zero attached hydrogens (tertiary/aromatic N) is 2. The van der Waals surface area contributed by atoms with Gasteiger partial charge in [0.1, 0.15) is 22.9 Å². The van der Waals surface area contributed by atoms with E-state index >= 15 is 0 Å². The molecule has 13 heteroatoms. The summed E-state index contributed by atoms with van der Waals surface area (Å²) in [6, 6.07) is 2.91. The van der Waals surface area contributed by atoms with Gasteiger partial charge < -0.3 is 24.7 Å². The van der Waals surface area contributed by atoms with Crippen molar-refractivity contribution >= 4 is 44.2 Å². The van der Waals surface area contributed by atoms with Gasteiger partial charge in [0.25, 0.3) is 20.9 Å². The zero-order chi connectivity index (χ0) is 24.8. The van der Waals surface area contributed by atoms with Crippen molar-refractivity contribution in [2.45, 2.75) is 37.4 Å². The molecule has 180 valence electrons. The third-order valence-electron chi connectivity index (χ3n) is 5.26. The van der Waals surface area contributed by atoms with Crippen molar-refractivity contribution < 1.29 is 22.5 Å². The Bertz CT molecular complexity index is 1520. The van der Waals surface area contributed by atoms with E-state index in [0.29, 0.717) is 17.9 Å². The van der Waals surface area contributed by atoms with Crippen LogP contribution in [-0.4, -0.2) is 25.7 Å². The standard InChI is InChI=1S/C21H22N4O7S2/c1-5-12(14-6-10(2)8-31-14)22-16-17(20(28)19(16)27)23-13-9-33-21(18(13)26)34(29,30)25(4)15-7-11(3)32-24-15/h6-9,12,22-23,26H,5H2,1-4H3/t12-/m1/s1. The molecule has 0 saturated heterocycles. The van der Waals surface area contributed by atoms with E-state index in [1.54, 1.807) is 13.2 Å². The van der Waals surface area contributed by atoms with Crippen LogP contribution >= 0.6 is 11.3 Å². The van der Waals surface area contributed by atoms with Crippen LogP contribution in [0.2, 0.25) is 0 Å². The maximum atomic E-state index is 13.0. The molecule has 3 N–H and O–H groups in total. The van der Waals surface area contributed by atoms with Gasteiger partial charge in [-0.3, -0.25) is 9.59 Å². The average Bonchev–Trinajstić information content (AvgIpc) is 3.53. The second-order valence-electron chi connectivity index (χ2n) is 7.72. The van der Waals surface area contributed by atoms with Crippen molar-refractivity contribution in [3.63, 3.8) is 0 Å². The highest BCUT2D eigenvalue weighted by Gasteiger charge is 2.32. The van der Waals surface area contributed by atoms with Crippen molar-refractivity contribution in [3.05, 3.63) is 61.3 Å². The van der Waals surface area contributed by atoms with Gasteiger partial charge >= 0.3 is 0 Å². The summed E-state index contributed by atoms with van der Waals surface area (Å²) in [4.78, 5) is 24.5. The second-order valence-corrected chi connectivity index (χ2v) is 10.8. The van der Waals surface area contributed by atoms with Gasteiger partial charge in [0, 0.05) is 18.5 Å². The first-order chi connectivity index (χ1) is 16.0. The minimum Gasteiger partial charge on any atom is -0.504 e. The zero-order valence-electron chi connectivity index (χ0n) is 18.7. The minimum absolute atomic E-state index is 0.0228. The molecule has 0 bridgehead atoms. The Morgan fingerprint density at radius 3 is 2.50 bits per heavy atom. The third-order valence-corrected chi connectivity index (χ3v) is 8.51. The van der Waals surface area contributed by atoms with Crippen LogP contribution in [0.1, 0.15) is 36.5 Å². The Morgan fingerprint density at radius 1 is 1.21 bits per heavy atom. The van der Waals surface area contributed by atoms with Crippen LogP contribution in [0.25, 0.3) is 0 Å². The Labute approximate surface area is 198 Å². The van der Waals surface area contributed by atoms with E-state index < -0.39 is 26.6 Å². The summed E-state index contributed by atoms with van der Waals surface area (Å²) in [5.74, 6) is 0.499. The molecule has 3 aromatic heterocycles. The molecule has 0 unspecified atom stereocenters. The number of rotatable bonds is 9. The molecule has 0 spiro atoms. The summed E-state index contributed by atoms with van der Waals surface area (Å²) in [5, 5.41) is 21.4. The average molecular weight is 507 g/mol. The second kappa shape index (κ2) is 8.65. The molecule has 11 nitrogen and oxygen atoms in total. The van der Waals surface area contributed by atoms with Gasteiger partial charge in [-0.25, -0.2) is 4.31 Å². The molecule has 1 aromatic carbocycles. The largest absolute Gasteiger partial charge is 0.504 e. The highest BCUT2D eigenvalue weighted by Crippen LogP contribution is 2.41. The molecule has 3 heterocycles. The lowest BCUT2D eigenvalue weighted by Crippen LogP contribution is -2.37. The molecule has 34 heavy (non-hydrogen) atoms. The zero-order valence-corrected chi connectivity index (χ0v) is 20.3. The highest BCUT2D eigenvalue weighted by atomic mass is 32.2. The molecule has 4 aromatic rings. The van der Waals surface area contributed by atoms with E-state index in [1.807, 2.05) is 19.9 Å². The predicted octanol–water partition coefficient (Wildman–Crippen LogP) is 3.38. The number of thiophene rings is 1. The van der Waals surface area contributed by atoms with Crippen LogP contribution in [0, 0.1) is 13.8 Å². The number of anilines is 4. The molecular formula is C21H22N4O7S2. The van der Waals surface area contributed by atoms with Crippen LogP contribution in [0.15, 0.2) is 46.5 Å². The van der Waals surface area contributed by atoms with Gasteiger partial charge in [-0.2, -0.15) is 8.42 Å². The van der Waals surface area contributed by atoms with Crippen LogP contribution in [0.5, 0.6) is 5.75 Å². The number of sulfonamides is 1. The number of hydrogen-bond donors (Lipinski definition) is 3. The molecule has 0 aliphatic rings. The molecule has 1 atom stereocenters. The van der Waals surface area contributed by atoms with Crippen LogP contribution in [0.3, 0.4) is 0 Å². The molecule has 4 rings (SSSR count). The fourth-order valence-electron chi connectivity index (χ4n) is 3.32. The summed E-state index contributed by atoms with van der Waals surface area (Å²) < 4.78 is 36.9. The Balaban J connectivity index is 1.60. The number of hydrogen-bond acceptors (Lipinski definition) is 11. The molecule has 0 fully saturated rings. The summed E-state index contributed by atoms with van der Waals surface area (Å²) in [6.07, 6.45) is 2.16. The van der Waals surface area contributed by atoms with E-state index in [4.69, 9.17) is 8.94 Å². The van der Waals surface area contributed by atoms with E-state index in [-0.39, 0.29) is 33.1 Å². The smallest absolute Gasteiger partial charge is 0.278 e. The van der Waals surface area contributed by atoms with Crippen molar-refractivity contribution in [2.24, 2.45) is 0 Å². The lowest BCUT2D eigenvalue weighted by atomic mass is 10.1. The number of aryl methyl sites for hydroxylation is 2. The fraction of sp³-hybridized carbons (Fsp3) is 0.286. The first kappa shape index (κ1) is 23.6. The van der Waals surface area contributed by atoms with E-state index in [9.17, 15) is 23.1 Å². The maximum absolute atomic E-state index is 13.0. The van der Waals surface area contributed by atoms with Gasteiger partial charge in [0.15, 0.2) is 15.8 Å². The van der Waals surface area contributed by atoms with Crippen molar-refractivity contribution in [2.75, 3.05) is 22.0 Å². The molecule has 0 saturated carbocycles. The molecule has 0 aliphatic carbocycles. The molecular weight excluding hydrogens is 484 g/mol. The summed E-state index contributed by atoms with van der Waals surface area (Å²) in [6.45, 7) is 5.38. The Hall–Kier alpha value is -3.58. The van der Waals surface area contributed by atoms with Gasteiger partial charge in [0.2, 0.25) is 0 Å². The quantitative estimate of drug-likeness (QED) is 0.288. The normalized spacial score (nSPS) is 12.7. The van der Waals surface area contributed by atoms with Crippen LogP contribution < -0.4 is 25.8 Å². The predicted molar refractivity (Wildman–Crippen MR) is 128 cm³/mol. The van der Waals surface area contributed by atoms with Crippen molar-refractivity contribution in [1.29, 1.82) is 0 Å². The maximum Gasteiger partial charge on any atom is 0.278 e. The number of aromatic nitrogens is 1. The summed E-state index contributed by atoms with van der Waals surface area (Å²) >= 11 is 0.756. The van der Waals surface area contributed by atoms with Gasteiger partial charge in [-0.05, 0) is 31.9 Å². The third kappa shape index (κ3) is 3.96. The van der Waals surface area contributed by atoms with Gasteiger partial charge in [-0.1, -0.05) is 12.1 Å². The monoisotopic (exact) mass is 506 g/mol. The molecule has 0 amide bonds. The minimum atomic E-state index is -4.16.